The summed E-state index contributed by atoms with van der Waals surface area (Å²) in [5.74, 6) is -0.114. The van der Waals surface area contributed by atoms with Crippen LogP contribution in [0.15, 0.2) is 0 Å². The van der Waals surface area contributed by atoms with Crippen LogP contribution in [0.1, 0.15) is 19.8 Å². The molecule has 0 spiro atoms. The van der Waals surface area contributed by atoms with Gasteiger partial charge in [-0.3, -0.25) is 18.4 Å². The summed E-state index contributed by atoms with van der Waals surface area (Å²) in [5.41, 5.74) is 0. The molecule has 13 heavy (non-hydrogen) atoms. The fraction of sp³-hybridized carbons (Fsp3) is 0.857. The number of hydrogen-bond acceptors (Lipinski definition) is 5. The van der Waals surface area contributed by atoms with Crippen molar-refractivity contribution in [3.63, 3.8) is 0 Å². The minimum absolute atomic E-state index is 0.114. The maximum atomic E-state index is 11.2. The summed E-state index contributed by atoms with van der Waals surface area (Å²) in [6.45, 7) is 1.65. The molecule has 78 valence electrons. The third-order valence-electron chi connectivity index (χ3n) is 1.36. The van der Waals surface area contributed by atoms with Gasteiger partial charge in [-0.1, -0.05) is 6.92 Å². The largest absolute Gasteiger partial charge is 0.474 e. The van der Waals surface area contributed by atoms with Gasteiger partial charge in [0.1, 0.15) is 6.61 Å². The van der Waals surface area contributed by atoms with Crippen LogP contribution in [0.5, 0.6) is 0 Å². The highest BCUT2D eigenvalue weighted by Crippen LogP contribution is 2.47. The first-order valence-electron chi connectivity index (χ1n) is 3.95. The van der Waals surface area contributed by atoms with E-state index in [0.717, 1.165) is 6.42 Å². The molecule has 6 heteroatoms. The predicted octanol–water partition coefficient (Wildman–Crippen LogP) is 1.77. The molecule has 0 saturated heterocycles. The minimum Gasteiger partial charge on any atom is -0.297 e. The summed E-state index contributed by atoms with van der Waals surface area (Å²) in [6, 6.07) is 0. The van der Waals surface area contributed by atoms with Crippen LogP contribution in [0, 0.1) is 0 Å². The Morgan fingerprint density at radius 3 is 2.23 bits per heavy atom. The summed E-state index contributed by atoms with van der Waals surface area (Å²) in [4.78, 5) is 11.0. The number of phosphoric ester groups is 1. The topological polar surface area (TPSA) is 61.8 Å². The molecule has 0 heterocycles. The molecule has 0 bridgehead atoms. The van der Waals surface area contributed by atoms with Crippen molar-refractivity contribution in [2.45, 2.75) is 19.8 Å². The lowest BCUT2D eigenvalue weighted by atomic mass is 10.2. The van der Waals surface area contributed by atoms with Crippen LogP contribution in [-0.2, 0) is 22.9 Å². The van der Waals surface area contributed by atoms with E-state index >= 15 is 0 Å². The van der Waals surface area contributed by atoms with Crippen molar-refractivity contribution in [1.82, 2.24) is 0 Å². The zero-order valence-corrected chi connectivity index (χ0v) is 9.00. The molecule has 0 aliphatic carbocycles. The first-order chi connectivity index (χ1) is 6.08. The monoisotopic (exact) mass is 210 g/mol. The van der Waals surface area contributed by atoms with Gasteiger partial charge in [-0.05, 0) is 6.42 Å². The fourth-order valence-electron chi connectivity index (χ4n) is 0.682. The molecule has 0 rings (SSSR count). The van der Waals surface area contributed by atoms with E-state index in [1.54, 1.807) is 0 Å². The molecule has 0 fully saturated rings. The number of carbonyl (C=O) groups is 1. The highest BCUT2D eigenvalue weighted by Gasteiger charge is 2.23. The second kappa shape index (κ2) is 6.27. The van der Waals surface area contributed by atoms with Gasteiger partial charge in [0.25, 0.3) is 0 Å². The molecule has 0 aliphatic heterocycles. The zero-order chi connectivity index (χ0) is 10.3. The molecule has 0 unspecified atom stereocenters. The van der Waals surface area contributed by atoms with Crippen LogP contribution in [0.2, 0.25) is 0 Å². The second-order valence-corrected chi connectivity index (χ2v) is 4.26. The van der Waals surface area contributed by atoms with Gasteiger partial charge in [-0.25, -0.2) is 4.57 Å². The van der Waals surface area contributed by atoms with Gasteiger partial charge in [0.05, 0.1) is 0 Å². The highest BCUT2D eigenvalue weighted by molar-refractivity contribution is 7.48. The maximum Gasteiger partial charge on any atom is 0.474 e. The molecular formula is C7H15O5P. The standard InChI is InChI=1S/C7H15O5P/c1-4-5-7(8)6-12-13(9,10-2)11-3/h4-6H2,1-3H3. The number of ketones is 1. The number of rotatable bonds is 7. The van der Waals surface area contributed by atoms with Crippen LogP contribution in [-0.4, -0.2) is 26.6 Å². The number of phosphoric acid groups is 1. The third-order valence-corrected chi connectivity index (χ3v) is 2.70. The summed E-state index contributed by atoms with van der Waals surface area (Å²) in [7, 11) is -1.07. The van der Waals surface area contributed by atoms with Crippen molar-refractivity contribution in [2.24, 2.45) is 0 Å². The van der Waals surface area contributed by atoms with Crippen molar-refractivity contribution < 1.29 is 22.9 Å². The SMILES string of the molecule is CCCC(=O)COP(=O)(OC)OC. The quantitative estimate of drug-likeness (QED) is 0.599. The molecule has 5 nitrogen and oxygen atoms in total. The van der Waals surface area contributed by atoms with Gasteiger partial charge in [-0.15, -0.1) is 0 Å². The van der Waals surface area contributed by atoms with Crippen LogP contribution < -0.4 is 0 Å². The van der Waals surface area contributed by atoms with E-state index in [2.05, 4.69) is 9.05 Å². The summed E-state index contributed by atoms with van der Waals surface area (Å²) < 4.78 is 24.9. The van der Waals surface area contributed by atoms with Crippen LogP contribution >= 0.6 is 7.82 Å². The van der Waals surface area contributed by atoms with Gasteiger partial charge in [0, 0.05) is 20.6 Å². The van der Waals surface area contributed by atoms with Crippen molar-refractivity contribution in [3.05, 3.63) is 0 Å². The Morgan fingerprint density at radius 1 is 1.31 bits per heavy atom. The third kappa shape index (κ3) is 5.16. The van der Waals surface area contributed by atoms with Crippen molar-refractivity contribution in [1.29, 1.82) is 0 Å². The van der Waals surface area contributed by atoms with Crippen LogP contribution in [0.25, 0.3) is 0 Å². The Bertz CT molecular complexity index is 195. The molecule has 0 radical (unpaired) electrons. The molecular weight excluding hydrogens is 195 g/mol. The van der Waals surface area contributed by atoms with Gasteiger partial charge >= 0.3 is 7.82 Å². The van der Waals surface area contributed by atoms with Gasteiger partial charge in [-0.2, -0.15) is 0 Å². The lowest BCUT2D eigenvalue weighted by Crippen LogP contribution is -2.07. The average molecular weight is 210 g/mol. The van der Waals surface area contributed by atoms with Gasteiger partial charge in [0.15, 0.2) is 5.78 Å². The van der Waals surface area contributed by atoms with E-state index in [1.165, 1.54) is 14.2 Å². The van der Waals surface area contributed by atoms with Crippen molar-refractivity contribution in [2.75, 3.05) is 20.8 Å². The van der Waals surface area contributed by atoms with E-state index in [9.17, 15) is 9.36 Å². The molecule has 0 saturated carbocycles. The Labute approximate surface area is 78.0 Å². The number of Topliss-reactive ketones (excluding diaryl/α,β-unsaturated/α-hetero) is 1. The molecule has 0 aliphatic rings. The molecule has 0 aromatic rings. The Morgan fingerprint density at radius 2 is 1.85 bits per heavy atom. The van der Waals surface area contributed by atoms with E-state index in [0.29, 0.717) is 6.42 Å². The Kier molecular flexibility index (Phi) is 6.16. The van der Waals surface area contributed by atoms with E-state index in [4.69, 9.17) is 4.52 Å². The molecule has 0 aromatic heterocycles. The number of carbonyl (C=O) groups excluding carboxylic acids is 1. The maximum absolute atomic E-state index is 11.2. The Balaban J connectivity index is 3.86. The number of hydrogen-bond donors (Lipinski definition) is 0. The van der Waals surface area contributed by atoms with Crippen molar-refractivity contribution >= 4 is 13.6 Å². The minimum atomic E-state index is -3.48. The van der Waals surface area contributed by atoms with Crippen molar-refractivity contribution in [3.8, 4) is 0 Å². The Hall–Kier alpha value is -0.220. The van der Waals surface area contributed by atoms with Crippen LogP contribution in [0.3, 0.4) is 0 Å². The molecule has 0 amide bonds. The first kappa shape index (κ1) is 12.8. The second-order valence-electron chi connectivity index (χ2n) is 2.37. The highest BCUT2D eigenvalue weighted by atomic mass is 31.2. The zero-order valence-electron chi connectivity index (χ0n) is 8.11. The summed E-state index contributed by atoms with van der Waals surface area (Å²) >= 11 is 0. The fourth-order valence-corrected chi connectivity index (χ4v) is 1.34. The lowest BCUT2D eigenvalue weighted by Gasteiger charge is -2.12. The molecule has 0 atom stereocenters. The smallest absolute Gasteiger partial charge is 0.297 e. The van der Waals surface area contributed by atoms with Gasteiger partial charge < -0.3 is 0 Å². The van der Waals surface area contributed by atoms with E-state index < -0.39 is 7.82 Å². The molecule has 0 aromatic carbocycles. The first-order valence-corrected chi connectivity index (χ1v) is 5.41. The van der Waals surface area contributed by atoms with Gasteiger partial charge in [0.2, 0.25) is 0 Å². The lowest BCUT2D eigenvalue weighted by molar-refractivity contribution is -0.121. The van der Waals surface area contributed by atoms with Crippen LogP contribution in [0.4, 0.5) is 0 Å². The van der Waals surface area contributed by atoms with E-state index in [-0.39, 0.29) is 12.4 Å². The normalized spacial score (nSPS) is 11.6. The average Bonchev–Trinajstić information content (AvgIpc) is 2.15. The predicted molar refractivity (Wildman–Crippen MR) is 47.5 cm³/mol. The molecule has 0 N–H and O–H groups in total. The van der Waals surface area contributed by atoms with E-state index in [1.807, 2.05) is 6.92 Å². The summed E-state index contributed by atoms with van der Waals surface area (Å²) in [6.07, 6.45) is 1.15. The summed E-state index contributed by atoms with van der Waals surface area (Å²) in [5, 5.41) is 0.